The van der Waals surface area contributed by atoms with Crippen molar-refractivity contribution in [3.05, 3.63) is 35.9 Å². The van der Waals surface area contributed by atoms with E-state index in [1.54, 1.807) is 6.20 Å². The first-order valence-corrected chi connectivity index (χ1v) is 4.79. The molecule has 0 aliphatic heterocycles. The van der Waals surface area contributed by atoms with Crippen molar-refractivity contribution in [1.29, 1.82) is 0 Å². The van der Waals surface area contributed by atoms with Crippen molar-refractivity contribution < 1.29 is 0 Å². The summed E-state index contributed by atoms with van der Waals surface area (Å²) >= 11 is 0. The van der Waals surface area contributed by atoms with E-state index in [1.807, 2.05) is 28.7 Å². The standard InChI is InChI=1S/C10H14N4/c1-3-9-7-10(13(2)12-9)8-14-6-4-5-11-14/h4-7H,3,8H2,1-2H3. The van der Waals surface area contributed by atoms with Crippen molar-refractivity contribution >= 4 is 0 Å². The van der Waals surface area contributed by atoms with Crippen LogP contribution in [0, 0.1) is 0 Å². The topological polar surface area (TPSA) is 35.6 Å². The molecule has 0 amide bonds. The molecule has 4 nitrogen and oxygen atoms in total. The summed E-state index contributed by atoms with van der Waals surface area (Å²) in [4.78, 5) is 0. The molecule has 0 saturated carbocycles. The summed E-state index contributed by atoms with van der Waals surface area (Å²) in [5.74, 6) is 0. The fourth-order valence-corrected chi connectivity index (χ4v) is 1.45. The van der Waals surface area contributed by atoms with Crippen LogP contribution in [0.3, 0.4) is 0 Å². The minimum atomic E-state index is 0.788. The molecular formula is C10H14N4. The largest absolute Gasteiger partial charge is 0.270 e. The van der Waals surface area contributed by atoms with Gasteiger partial charge in [0.05, 0.1) is 17.9 Å². The number of aromatic nitrogens is 4. The minimum absolute atomic E-state index is 0.788. The second-order valence-electron chi connectivity index (χ2n) is 3.31. The van der Waals surface area contributed by atoms with Gasteiger partial charge in [0.15, 0.2) is 0 Å². The number of aryl methyl sites for hydroxylation is 2. The van der Waals surface area contributed by atoms with Gasteiger partial charge in [0.25, 0.3) is 0 Å². The van der Waals surface area contributed by atoms with Crippen molar-refractivity contribution in [3.8, 4) is 0 Å². The number of hydrogen-bond donors (Lipinski definition) is 0. The fraction of sp³-hybridized carbons (Fsp3) is 0.400. The molecule has 0 aromatic carbocycles. The van der Waals surface area contributed by atoms with Crippen LogP contribution in [0.1, 0.15) is 18.3 Å². The molecule has 4 heteroatoms. The third kappa shape index (κ3) is 1.69. The second kappa shape index (κ2) is 3.65. The Balaban J connectivity index is 2.20. The quantitative estimate of drug-likeness (QED) is 0.729. The van der Waals surface area contributed by atoms with Crippen molar-refractivity contribution in [3.63, 3.8) is 0 Å². The molecule has 2 rings (SSSR count). The highest BCUT2D eigenvalue weighted by Gasteiger charge is 2.03. The Morgan fingerprint density at radius 1 is 1.43 bits per heavy atom. The molecule has 2 aromatic heterocycles. The molecule has 0 fully saturated rings. The van der Waals surface area contributed by atoms with E-state index >= 15 is 0 Å². The average Bonchev–Trinajstić information content (AvgIpc) is 2.78. The summed E-state index contributed by atoms with van der Waals surface area (Å²) in [5.41, 5.74) is 2.32. The molecule has 2 aromatic rings. The molecular weight excluding hydrogens is 176 g/mol. The van der Waals surface area contributed by atoms with E-state index in [1.165, 1.54) is 5.69 Å². The van der Waals surface area contributed by atoms with E-state index < -0.39 is 0 Å². The summed E-state index contributed by atoms with van der Waals surface area (Å²) in [6, 6.07) is 4.05. The summed E-state index contributed by atoms with van der Waals surface area (Å²) in [5, 5.41) is 8.55. The first kappa shape index (κ1) is 8.99. The van der Waals surface area contributed by atoms with Crippen LogP contribution >= 0.6 is 0 Å². The van der Waals surface area contributed by atoms with E-state index in [4.69, 9.17) is 0 Å². The van der Waals surface area contributed by atoms with Crippen molar-refractivity contribution in [2.45, 2.75) is 19.9 Å². The van der Waals surface area contributed by atoms with E-state index in [9.17, 15) is 0 Å². The summed E-state index contributed by atoms with van der Waals surface area (Å²) in [7, 11) is 1.97. The highest BCUT2D eigenvalue weighted by molar-refractivity contribution is 5.10. The zero-order chi connectivity index (χ0) is 9.97. The summed E-state index contributed by atoms with van der Waals surface area (Å²) < 4.78 is 3.82. The van der Waals surface area contributed by atoms with Crippen LogP contribution in [0.4, 0.5) is 0 Å². The normalized spacial score (nSPS) is 10.7. The Kier molecular flexibility index (Phi) is 2.35. The van der Waals surface area contributed by atoms with Gasteiger partial charge in [-0.15, -0.1) is 0 Å². The SMILES string of the molecule is CCc1cc(Cn2cccn2)n(C)n1. The summed E-state index contributed by atoms with van der Waals surface area (Å²) in [6.07, 6.45) is 4.72. The Morgan fingerprint density at radius 2 is 2.29 bits per heavy atom. The van der Waals surface area contributed by atoms with Gasteiger partial charge in [-0.1, -0.05) is 6.92 Å². The third-order valence-electron chi connectivity index (χ3n) is 2.27. The maximum Gasteiger partial charge on any atom is 0.0828 e. The predicted octanol–water partition coefficient (Wildman–Crippen LogP) is 1.23. The predicted molar refractivity (Wildman–Crippen MR) is 53.9 cm³/mol. The molecule has 0 radical (unpaired) electrons. The molecule has 74 valence electrons. The maximum atomic E-state index is 4.39. The lowest BCUT2D eigenvalue weighted by molar-refractivity contribution is 0.617. The Morgan fingerprint density at radius 3 is 2.86 bits per heavy atom. The number of nitrogens with zero attached hydrogens (tertiary/aromatic N) is 4. The van der Waals surface area contributed by atoms with Gasteiger partial charge in [-0.3, -0.25) is 9.36 Å². The van der Waals surface area contributed by atoms with E-state index in [2.05, 4.69) is 23.2 Å². The Bertz CT molecular complexity index is 400. The lowest BCUT2D eigenvalue weighted by Crippen LogP contribution is -2.05. The highest BCUT2D eigenvalue weighted by atomic mass is 15.3. The molecule has 0 unspecified atom stereocenters. The lowest BCUT2D eigenvalue weighted by atomic mass is 10.3. The zero-order valence-electron chi connectivity index (χ0n) is 8.51. The number of rotatable bonds is 3. The van der Waals surface area contributed by atoms with E-state index in [0.717, 1.165) is 18.7 Å². The summed E-state index contributed by atoms with van der Waals surface area (Å²) in [6.45, 7) is 2.90. The third-order valence-corrected chi connectivity index (χ3v) is 2.27. The highest BCUT2D eigenvalue weighted by Crippen LogP contribution is 2.05. The van der Waals surface area contributed by atoms with Crippen LogP contribution in [0.2, 0.25) is 0 Å². The molecule has 2 heterocycles. The molecule has 0 aliphatic carbocycles. The van der Waals surface area contributed by atoms with E-state index in [0.29, 0.717) is 0 Å². The lowest BCUT2D eigenvalue weighted by Gasteiger charge is -2.00. The van der Waals surface area contributed by atoms with Crippen molar-refractivity contribution in [2.24, 2.45) is 7.05 Å². The van der Waals surface area contributed by atoms with E-state index in [-0.39, 0.29) is 0 Å². The monoisotopic (exact) mass is 190 g/mol. The molecule has 0 saturated heterocycles. The smallest absolute Gasteiger partial charge is 0.0828 e. The Hall–Kier alpha value is -1.58. The van der Waals surface area contributed by atoms with Gasteiger partial charge in [0.2, 0.25) is 0 Å². The van der Waals surface area contributed by atoms with Crippen LogP contribution in [0.5, 0.6) is 0 Å². The van der Waals surface area contributed by atoms with Crippen LogP contribution in [-0.4, -0.2) is 19.6 Å². The van der Waals surface area contributed by atoms with Crippen molar-refractivity contribution in [1.82, 2.24) is 19.6 Å². The van der Waals surface area contributed by atoms with Gasteiger partial charge in [-0.05, 0) is 18.6 Å². The van der Waals surface area contributed by atoms with Gasteiger partial charge in [0.1, 0.15) is 0 Å². The van der Waals surface area contributed by atoms with Crippen LogP contribution < -0.4 is 0 Å². The number of hydrogen-bond acceptors (Lipinski definition) is 2. The first-order valence-electron chi connectivity index (χ1n) is 4.79. The van der Waals surface area contributed by atoms with Gasteiger partial charge in [-0.2, -0.15) is 10.2 Å². The average molecular weight is 190 g/mol. The van der Waals surface area contributed by atoms with Crippen LogP contribution in [0.25, 0.3) is 0 Å². The molecule has 14 heavy (non-hydrogen) atoms. The van der Waals surface area contributed by atoms with Crippen LogP contribution in [-0.2, 0) is 20.0 Å². The first-order chi connectivity index (χ1) is 6.79. The molecule has 0 bridgehead atoms. The molecule has 0 atom stereocenters. The maximum absolute atomic E-state index is 4.39. The zero-order valence-corrected chi connectivity index (χ0v) is 8.51. The van der Waals surface area contributed by atoms with Gasteiger partial charge < -0.3 is 0 Å². The Labute approximate surface area is 83.2 Å². The van der Waals surface area contributed by atoms with Gasteiger partial charge >= 0.3 is 0 Å². The second-order valence-corrected chi connectivity index (χ2v) is 3.31. The molecule has 0 N–H and O–H groups in total. The minimum Gasteiger partial charge on any atom is -0.270 e. The molecule has 0 spiro atoms. The molecule has 0 aliphatic rings. The fourth-order valence-electron chi connectivity index (χ4n) is 1.45. The van der Waals surface area contributed by atoms with Gasteiger partial charge in [-0.25, -0.2) is 0 Å². The van der Waals surface area contributed by atoms with Gasteiger partial charge in [0, 0.05) is 19.4 Å². The van der Waals surface area contributed by atoms with Crippen LogP contribution in [0.15, 0.2) is 24.5 Å². The van der Waals surface area contributed by atoms with Crippen molar-refractivity contribution in [2.75, 3.05) is 0 Å².